The van der Waals surface area contributed by atoms with Gasteiger partial charge < -0.3 is 14.2 Å². The Labute approximate surface area is 142 Å². The van der Waals surface area contributed by atoms with Gasteiger partial charge in [-0.05, 0) is 56.2 Å². The maximum Gasteiger partial charge on any atom is 0.336 e. The van der Waals surface area contributed by atoms with E-state index in [0.717, 1.165) is 11.1 Å². The van der Waals surface area contributed by atoms with E-state index in [1.54, 1.807) is 12.1 Å². The van der Waals surface area contributed by atoms with Crippen LogP contribution in [0.25, 0.3) is 6.08 Å². The van der Waals surface area contributed by atoms with Crippen LogP contribution in [0.2, 0.25) is 0 Å². The van der Waals surface area contributed by atoms with Crippen molar-refractivity contribution in [2.24, 2.45) is 0 Å². The van der Waals surface area contributed by atoms with Crippen molar-refractivity contribution < 1.29 is 19.0 Å². The molecule has 4 nitrogen and oxygen atoms in total. The van der Waals surface area contributed by atoms with Crippen molar-refractivity contribution in [3.63, 3.8) is 0 Å². The first-order valence-corrected chi connectivity index (χ1v) is 7.99. The first-order chi connectivity index (χ1) is 11.6. The number of hydrogen-bond donors (Lipinski definition) is 0. The second kappa shape index (κ2) is 8.77. The van der Waals surface area contributed by atoms with Gasteiger partial charge >= 0.3 is 5.97 Å². The lowest BCUT2D eigenvalue weighted by Gasteiger charge is -2.11. The van der Waals surface area contributed by atoms with Crippen LogP contribution in [-0.4, -0.2) is 19.2 Å². The van der Waals surface area contributed by atoms with E-state index in [1.807, 2.05) is 57.2 Å². The minimum Gasteiger partial charge on any atom is -0.490 e. The van der Waals surface area contributed by atoms with E-state index in [0.29, 0.717) is 30.5 Å². The molecule has 0 aliphatic carbocycles. The molecule has 2 aromatic rings. The lowest BCUT2D eigenvalue weighted by molar-refractivity contribution is -0.128. The fourth-order valence-corrected chi connectivity index (χ4v) is 2.15. The average Bonchev–Trinajstić information content (AvgIpc) is 2.57. The summed E-state index contributed by atoms with van der Waals surface area (Å²) in [5.74, 6) is 1.50. The normalized spacial score (nSPS) is 10.6. The van der Waals surface area contributed by atoms with Crippen molar-refractivity contribution in [1.29, 1.82) is 0 Å². The van der Waals surface area contributed by atoms with Crippen molar-refractivity contribution in [3.05, 3.63) is 59.7 Å². The van der Waals surface area contributed by atoms with E-state index in [9.17, 15) is 4.79 Å². The van der Waals surface area contributed by atoms with Gasteiger partial charge in [-0.25, -0.2) is 4.79 Å². The van der Waals surface area contributed by atoms with Crippen LogP contribution in [0.15, 0.2) is 48.5 Å². The highest BCUT2D eigenvalue weighted by Gasteiger charge is 2.06. The van der Waals surface area contributed by atoms with Gasteiger partial charge in [-0.2, -0.15) is 0 Å². The van der Waals surface area contributed by atoms with Gasteiger partial charge in [0.2, 0.25) is 0 Å². The highest BCUT2D eigenvalue weighted by atomic mass is 16.5. The highest BCUT2D eigenvalue weighted by molar-refractivity contribution is 5.89. The van der Waals surface area contributed by atoms with Crippen LogP contribution in [0.3, 0.4) is 0 Å². The monoisotopic (exact) mass is 326 g/mol. The molecule has 126 valence electrons. The van der Waals surface area contributed by atoms with Crippen molar-refractivity contribution in [1.82, 2.24) is 0 Å². The Balaban J connectivity index is 2.09. The number of carbonyl (C=O) groups excluding carboxylic acids is 1. The van der Waals surface area contributed by atoms with E-state index in [2.05, 4.69) is 0 Å². The minimum absolute atomic E-state index is 0.420. The SMILES string of the molecule is CCOc1ccc(/C=C/C(=O)Oc2ccccc2C)cc1OCC. The van der Waals surface area contributed by atoms with Crippen LogP contribution in [0, 0.1) is 6.92 Å². The Morgan fingerprint density at radius 3 is 2.38 bits per heavy atom. The number of carbonyl (C=O) groups is 1. The standard InChI is InChI=1S/C20H22O4/c1-4-22-18-12-10-16(14-19(18)23-5-2)11-13-20(21)24-17-9-7-6-8-15(17)3/h6-14H,4-5H2,1-3H3/b13-11+. The minimum atomic E-state index is -0.420. The lowest BCUT2D eigenvalue weighted by atomic mass is 10.2. The largest absolute Gasteiger partial charge is 0.490 e. The molecular formula is C20H22O4. The molecule has 24 heavy (non-hydrogen) atoms. The molecule has 2 aromatic carbocycles. The third kappa shape index (κ3) is 4.88. The predicted molar refractivity (Wildman–Crippen MR) is 94.6 cm³/mol. The van der Waals surface area contributed by atoms with Crippen molar-refractivity contribution in [2.45, 2.75) is 20.8 Å². The number of hydrogen-bond acceptors (Lipinski definition) is 4. The number of ether oxygens (including phenoxy) is 3. The van der Waals surface area contributed by atoms with Gasteiger partial charge in [-0.3, -0.25) is 0 Å². The second-order valence-electron chi connectivity index (χ2n) is 5.09. The molecule has 2 rings (SSSR count). The Morgan fingerprint density at radius 2 is 1.67 bits per heavy atom. The molecule has 0 saturated heterocycles. The summed E-state index contributed by atoms with van der Waals surface area (Å²) < 4.78 is 16.4. The van der Waals surface area contributed by atoms with Crippen molar-refractivity contribution >= 4 is 12.0 Å². The summed E-state index contributed by atoms with van der Waals surface area (Å²) in [6.07, 6.45) is 3.09. The topological polar surface area (TPSA) is 44.8 Å². The summed E-state index contributed by atoms with van der Waals surface area (Å²) in [5.41, 5.74) is 1.75. The average molecular weight is 326 g/mol. The Morgan fingerprint density at radius 1 is 0.958 bits per heavy atom. The maximum atomic E-state index is 12.0. The van der Waals surface area contributed by atoms with Crippen LogP contribution in [0.5, 0.6) is 17.2 Å². The first-order valence-electron chi connectivity index (χ1n) is 7.99. The van der Waals surface area contributed by atoms with Gasteiger partial charge in [0.05, 0.1) is 13.2 Å². The molecule has 0 aliphatic heterocycles. The van der Waals surface area contributed by atoms with Gasteiger partial charge in [0, 0.05) is 6.08 Å². The molecule has 0 heterocycles. The Bertz CT molecular complexity index is 719. The smallest absolute Gasteiger partial charge is 0.336 e. The van der Waals surface area contributed by atoms with Gasteiger partial charge in [0.25, 0.3) is 0 Å². The summed E-state index contributed by atoms with van der Waals surface area (Å²) in [6, 6.07) is 12.9. The third-order valence-electron chi connectivity index (χ3n) is 3.28. The van der Waals surface area contributed by atoms with E-state index in [1.165, 1.54) is 6.08 Å². The van der Waals surface area contributed by atoms with Gasteiger partial charge in [0.1, 0.15) is 5.75 Å². The molecule has 0 atom stereocenters. The lowest BCUT2D eigenvalue weighted by Crippen LogP contribution is -2.04. The van der Waals surface area contributed by atoms with Crippen molar-refractivity contribution in [3.8, 4) is 17.2 Å². The van der Waals surface area contributed by atoms with Crippen LogP contribution in [-0.2, 0) is 4.79 Å². The molecule has 0 aliphatic rings. The molecule has 0 bridgehead atoms. The van der Waals surface area contributed by atoms with E-state index >= 15 is 0 Å². The summed E-state index contributed by atoms with van der Waals surface area (Å²) in [4.78, 5) is 12.0. The first kappa shape index (κ1) is 17.6. The number of aryl methyl sites for hydroxylation is 1. The van der Waals surface area contributed by atoms with E-state index in [-0.39, 0.29) is 0 Å². The van der Waals surface area contributed by atoms with E-state index in [4.69, 9.17) is 14.2 Å². The van der Waals surface area contributed by atoms with Crippen LogP contribution in [0.1, 0.15) is 25.0 Å². The zero-order valence-electron chi connectivity index (χ0n) is 14.2. The Hall–Kier alpha value is -2.75. The molecule has 0 unspecified atom stereocenters. The quantitative estimate of drug-likeness (QED) is 0.429. The van der Waals surface area contributed by atoms with Gasteiger partial charge in [0.15, 0.2) is 11.5 Å². The summed E-state index contributed by atoms with van der Waals surface area (Å²) in [7, 11) is 0. The summed E-state index contributed by atoms with van der Waals surface area (Å²) in [6.45, 7) is 6.84. The van der Waals surface area contributed by atoms with Crippen LogP contribution >= 0.6 is 0 Å². The van der Waals surface area contributed by atoms with Crippen LogP contribution < -0.4 is 14.2 Å². The molecule has 0 amide bonds. The fraction of sp³-hybridized carbons (Fsp3) is 0.250. The zero-order valence-corrected chi connectivity index (χ0v) is 14.2. The zero-order chi connectivity index (χ0) is 17.4. The summed E-state index contributed by atoms with van der Waals surface area (Å²) in [5, 5.41) is 0. The summed E-state index contributed by atoms with van der Waals surface area (Å²) >= 11 is 0. The third-order valence-corrected chi connectivity index (χ3v) is 3.28. The molecule has 0 N–H and O–H groups in total. The Kier molecular flexibility index (Phi) is 6.43. The number of esters is 1. The molecule has 4 heteroatoms. The molecule has 0 saturated carbocycles. The molecular weight excluding hydrogens is 304 g/mol. The molecule has 0 fully saturated rings. The van der Waals surface area contributed by atoms with Gasteiger partial charge in [-0.1, -0.05) is 24.3 Å². The van der Waals surface area contributed by atoms with Crippen molar-refractivity contribution in [2.75, 3.05) is 13.2 Å². The molecule has 0 spiro atoms. The maximum absolute atomic E-state index is 12.0. The predicted octanol–water partition coefficient (Wildman–Crippen LogP) is 4.41. The van der Waals surface area contributed by atoms with Gasteiger partial charge in [-0.15, -0.1) is 0 Å². The van der Waals surface area contributed by atoms with E-state index < -0.39 is 5.97 Å². The second-order valence-corrected chi connectivity index (χ2v) is 5.09. The fourth-order valence-electron chi connectivity index (χ4n) is 2.15. The molecule has 0 radical (unpaired) electrons. The number of benzene rings is 2. The molecule has 0 aromatic heterocycles. The number of para-hydroxylation sites is 1. The van der Waals surface area contributed by atoms with Crippen LogP contribution in [0.4, 0.5) is 0 Å². The number of rotatable bonds is 7. The highest BCUT2D eigenvalue weighted by Crippen LogP contribution is 2.29.